The van der Waals surface area contributed by atoms with Crippen LogP contribution in [-0.2, 0) is 9.47 Å². The topological polar surface area (TPSA) is 59.6 Å². The molecule has 0 radical (unpaired) electrons. The molecule has 0 heterocycles. The molecule has 0 rings (SSSR count). The van der Waals surface area contributed by atoms with Crippen molar-refractivity contribution in [2.45, 2.75) is 39.7 Å². The first-order chi connectivity index (χ1) is 10.7. The molecule has 0 unspecified atom stereocenters. The molecule has 132 valence electrons. The monoisotopic (exact) mass is 352 g/mol. The van der Waals surface area contributed by atoms with Crippen LogP contribution in [0.1, 0.15) is 36.5 Å². The van der Waals surface area contributed by atoms with E-state index in [0.29, 0.717) is 31.7 Å². The fourth-order valence-corrected chi connectivity index (χ4v) is 2.89. The Kier molecular flexibility index (Phi) is 16.4. The minimum absolute atomic E-state index is 0. The molecule has 0 aromatic rings. The Balaban J connectivity index is -0.00000220. The van der Waals surface area contributed by atoms with Crippen LogP contribution in [0.2, 0.25) is 0 Å². The van der Waals surface area contributed by atoms with Gasteiger partial charge in [0.05, 0.1) is 13.2 Å². The van der Waals surface area contributed by atoms with Crippen LogP contribution in [0.15, 0.2) is 0 Å². The van der Waals surface area contributed by atoms with E-state index < -0.39 is 6.09 Å². The van der Waals surface area contributed by atoms with Gasteiger partial charge in [-0.15, -0.1) is 5.92 Å². The van der Waals surface area contributed by atoms with Crippen LogP contribution in [-0.4, -0.2) is 50.1 Å². The van der Waals surface area contributed by atoms with Gasteiger partial charge in [0.1, 0.15) is 5.94 Å². The van der Waals surface area contributed by atoms with Gasteiger partial charge in [-0.25, -0.2) is 4.79 Å². The van der Waals surface area contributed by atoms with E-state index in [9.17, 15) is 4.79 Å². The molecule has 22 heavy (non-hydrogen) atoms. The molecule has 0 atom stereocenters. The number of carbonyl (C=O) groups excluding carboxylic acids is 1. The number of hydrogen-bond donors (Lipinski definition) is 2. The third-order valence-electron chi connectivity index (χ3n) is 2.37. The molecule has 5 nitrogen and oxygen atoms in total. The number of carbonyl (C=O) groups is 1. The molecule has 0 aliphatic carbocycles. The van der Waals surface area contributed by atoms with Crippen molar-refractivity contribution in [1.29, 1.82) is 0 Å². The lowest BCUT2D eigenvalue weighted by molar-refractivity contribution is 0.134. The molecule has 0 fully saturated rings. The third kappa shape index (κ3) is 17.5. The number of nitrogens with one attached hydrogen (secondary N) is 2. The second kappa shape index (κ2) is 16.8. The van der Waals surface area contributed by atoms with Gasteiger partial charge in [0, 0.05) is 27.8 Å². The highest BCUT2D eigenvalue weighted by molar-refractivity contribution is 8.76. The first kappa shape index (κ1) is 21.4. The van der Waals surface area contributed by atoms with Crippen LogP contribution < -0.4 is 10.6 Å². The number of ether oxygens (including phenoxy) is 2. The minimum atomic E-state index is -0.411. The Morgan fingerprint density at radius 2 is 2.05 bits per heavy atom. The van der Waals surface area contributed by atoms with E-state index in [1.807, 2.05) is 10.8 Å². The lowest BCUT2D eigenvalue weighted by atomic mass is 10.3. The second-order valence-electron chi connectivity index (χ2n) is 4.70. The summed E-state index contributed by atoms with van der Waals surface area (Å²) in [7, 11) is 3.55. The summed E-state index contributed by atoms with van der Waals surface area (Å²) in [6.45, 7) is 8.49. The van der Waals surface area contributed by atoms with Crippen molar-refractivity contribution in [3.8, 4) is 11.8 Å². The van der Waals surface area contributed by atoms with Crippen LogP contribution in [0, 0.1) is 11.8 Å². The van der Waals surface area contributed by atoms with Crippen molar-refractivity contribution in [1.82, 2.24) is 10.6 Å². The van der Waals surface area contributed by atoms with E-state index in [-0.39, 0.29) is 2.85 Å². The third-order valence-corrected chi connectivity index (χ3v) is 4.46. The zero-order chi connectivity index (χ0) is 16.5. The lowest BCUT2D eigenvalue weighted by Gasteiger charge is -2.07. The maximum Gasteiger partial charge on any atom is 0.407 e. The molecule has 1 amide bonds. The Morgan fingerprint density at radius 3 is 2.77 bits per heavy atom. The van der Waals surface area contributed by atoms with Gasteiger partial charge < -0.3 is 20.1 Å². The standard InChI is InChI=1S/C15H28N2O3S2.2H2/c1-4-5-8-17-15(18)20-11-7-6-10-19-13-22-21-12-9-16-14(2)3;;/h14,16H,6-13H2,1-3H3,(H,17,18);2*1H. The summed E-state index contributed by atoms with van der Waals surface area (Å²) in [5.74, 6) is 7.21. The van der Waals surface area contributed by atoms with Crippen molar-refractivity contribution < 1.29 is 17.1 Å². The summed E-state index contributed by atoms with van der Waals surface area (Å²) in [4.78, 5) is 11.2. The molecule has 0 aliphatic heterocycles. The molecule has 0 saturated carbocycles. The highest BCUT2D eigenvalue weighted by Gasteiger charge is 1.99. The molecule has 2 N–H and O–H groups in total. The fourth-order valence-electron chi connectivity index (χ4n) is 1.30. The zero-order valence-electron chi connectivity index (χ0n) is 13.8. The summed E-state index contributed by atoms with van der Waals surface area (Å²) >= 11 is 0. The summed E-state index contributed by atoms with van der Waals surface area (Å²) in [5.41, 5.74) is 0. The van der Waals surface area contributed by atoms with E-state index in [4.69, 9.17) is 9.47 Å². The fraction of sp³-hybridized carbons (Fsp3) is 0.800. The van der Waals surface area contributed by atoms with Crippen LogP contribution in [0.4, 0.5) is 4.79 Å². The highest BCUT2D eigenvalue weighted by atomic mass is 33.1. The van der Waals surface area contributed by atoms with Gasteiger partial charge in [-0.2, -0.15) is 0 Å². The molecular weight excluding hydrogens is 320 g/mol. The smallest absolute Gasteiger partial charge is 0.407 e. The van der Waals surface area contributed by atoms with Crippen LogP contribution >= 0.6 is 21.6 Å². The lowest BCUT2D eigenvalue weighted by Crippen LogP contribution is -2.24. The highest BCUT2D eigenvalue weighted by Crippen LogP contribution is 2.20. The molecular formula is C15H32N2O3S2. The van der Waals surface area contributed by atoms with Crippen molar-refractivity contribution in [2.75, 3.05) is 38.0 Å². The average molecular weight is 353 g/mol. The van der Waals surface area contributed by atoms with Crippen molar-refractivity contribution in [2.24, 2.45) is 0 Å². The van der Waals surface area contributed by atoms with Gasteiger partial charge in [0.15, 0.2) is 0 Å². The Morgan fingerprint density at radius 1 is 1.27 bits per heavy atom. The minimum Gasteiger partial charge on any atom is -0.450 e. The molecule has 0 aliphatic rings. The van der Waals surface area contributed by atoms with Gasteiger partial charge in [0.2, 0.25) is 0 Å². The molecule has 0 saturated heterocycles. The van der Waals surface area contributed by atoms with Crippen LogP contribution in [0.5, 0.6) is 0 Å². The summed E-state index contributed by atoms with van der Waals surface area (Å²) in [6, 6.07) is 0.547. The summed E-state index contributed by atoms with van der Waals surface area (Å²) < 4.78 is 10.5. The predicted octanol–water partition coefficient (Wildman–Crippen LogP) is 3.36. The molecule has 0 spiro atoms. The zero-order valence-corrected chi connectivity index (χ0v) is 15.4. The number of alkyl carbamates (subject to hydrolysis) is 1. The van der Waals surface area contributed by atoms with Crippen LogP contribution in [0.3, 0.4) is 0 Å². The first-order valence-electron chi connectivity index (χ1n) is 7.52. The maximum absolute atomic E-state index is 11.2. The summed E-state index contributed by atoms with van der Waals surface area (Å²) in [6.07, 6.45) is 1.29. The van der Waals surface area contributed by atoms with E-state index in [1.165, 1.54) is 0 Å². The van der Waals surface area contributed by atoms with Gasteiger partial charge in [-0.05, 0) is 19.8 Å². The SMILES string of the molecule is CC#CCNC(=O)OCCCCOCSSCCNC(C)C.[HH].[HH]. The molecule has 0 aromatic heterocycles. The van der Waals surface area contributed by atoms with Crippen molar-refractivity contribution >= 4 is 27.7 Å². The Labute approximate surface area is 145 Å². The maximum atomic E-state index is 11.2. The number of unbranched alkanes of at least 4 members (excludes halogenated alkanes) is 1. The Bertz CT molecular complexity index is 340. The predicted molar refractivity (Wildman–Crippen MR) is 100 cm³/mol. The van der Waals surface area contributed by atoms with Crippen molar-refractivity contribution in [3.05, 3.63) is 0 Å². The van der Waals surface area contributed by atoms with Gasteiger partial charge in [0.25, 0.3) is 0 Å². The number of amides is 1. The Hall–Kier alpha value is -0.550. The summed E-state index contributed by atoms with van der Waals surface area (Å²) in [5, 5.41) is 5.92. The quantitative estimate of drug-likeness (QED) is 0.229. The molecule has 0 bridgehead atoms. The second-order valence-corrected chi connectivity index (χ2v) is 7.23. The van der Waals surface area contributed by atoms with Gasteiger partial charge in [-0.1, -0.05) is 41.4 Å². The van der Waals surface area contributed by atoms with Gasteiger partial charge >= 0.3 is 6.09 Å². The number of hydrogen-bond acceptors (Lipinski definition) is 6. The average Bonchev–Trinajstić information content (AvgIpc) is 2.48. The normalized spacial score (nSPS) is 10.2. The number of rotatable bonds is 13. The molecule has 7 heteroatoms. The van der Waals surface area contributed by atoms with E-state index in [1.54, 1.807) is 17.7 Å². The van der Waals surface area contributed by atoms with E-state index in [0.717, 1.165) is 25.1 Å². The largest absolute Gasteiger partial charge is 0.450 e. The van der Waals surface area contributed by atoms with Gasteiger partial charge in [-0.3, -0.25) is 0 Å². The first-order valence-corrected chi connectivity index (χ1v) is 10.0. The molecule has 0 aromatic carbocycles. The van der Waals surface area contributed by atoms with E-state index >= 15 is 0 Å². The van der Waals surface area contributed by atoms with Crippen LogP contribution in [0.25, 0.3) is 0 Å². The van der Waals surface area contributed by atoms with Crippen molar-refractivity contribution in [3.63, 3.8) is 0 Å². The van der Waals surface area contributed by atoms with E-state index in [2.05, 4.69) is 36.3 Å².